The molecule has 0 aromatic heterocycles. The second kappa shape index (κ2) is 7.67. The zero-order valence-electron chi connectivity index (χ0n) is 12.0. The van der Waals surface area contributed by atoms with Crippen LogP contribution in [0.5, 0.6) is 5.75 Å². The second-order valence-corrected chi connectivity index (χ2v) is 5.46. The highest BCUT2D eigenvalue weighted by atomic mass is 16.5. The van der Waals surface area contributed by atoms with Gasteiger partial charge in [0.05, 0.1) is 5.92 Å². The largest absolute Gasteiger partial charge is 0.484 e. The monoisotopic (exact) mass is 291 g/mol. The Balaban J connectivity index is 1.62. The van der Waals surface area contributed by atoms with E-state index in [0.29, 0.717) is 31.1 Å². The molecule has 5 nitrogen and oxygen atoms in total. The lowest BCUT2D eigenvalue weighted by Crippen LogP contribution is -2.35. The van der Waals surface area contributed by atoms with E-state index in [0.717, 1.165) is 12.8 Å². The fourth-order valence-corrected chi connectivity index (χ4v) is 2.59. The van der Waals surface area contributed by atoms with Gasteiger partial charge in [-0.1, -0.05) is 18.2 Å². The number of carbonyl (C=O) groups excluding carboxylic acids is 1. The molecule has 2 N–H and O–H groups in total. The highest BCUT2D eigenvalue weighted by molar-refractivity contribution is 5.77. The van der Waals surface area contributed by atoms with Crippen molar-refractivity contribution in [2.45, 2.75) is 25.7 Å². The quantitative estimate of drug-likeness (QED) is 0.841. The number of nitrogens with one attached hydrogen (secondary N) is 1. The summed E-state index contributed by atoms with van der Waals surface area (Å²) in [6.07, 6.45) is 3.13. The molecule has 0 unspecified atom stereocenters. The van der Waals surface area contributed by atoms with Crippen LogP contribution in [0.4, 0.5) is 0 Å². The average molecular weight is 291 g/mol. The van der Waals surface area contributed by atoms with Crippen molar-refractivity contribution in [2.75, 3.05) is 13.2 Å². The Morgan fingerprint density at radius 2 is 1.81 bits per heavy atom. The van der Waals surface area contributed by atoms with Gasteiger partial charge in [0, 0.05) is 6.54 Å². The molecule has 0 heterocycles. The van der Waals surface area contributed by atoms with Crippen LogP contribution in [-0.4, -0.2) is 30.1 Å². The predicted molar refractivity (Wildman–Crippen MR) is 78.0 cm³/mol. The van der Waals surface area contributed by atoms with Crippen LogP contribution in [-0.2, 0) is 9.59 Å². The van der Waals surface area contributed by atoms with E-state index in [1.807, 2.05) is 18.2 Å². The van der Waals surface area contributed by atoms with Crippen molar-refractivity contribution in [3.8, 4) is 5.75 Å². The molecular weight excluding hydrogens is 270 g/mol. The molecule has 0 saturated heterocycles. The maximum Gasteiger partial charge on any atom is 0.306 e. The lowest BCUT2D eigenvalue weighted by Gasteiger charge is -2.26. The zero-order valence-corrected chi connectivity index (χ0v) is 12.0. The van der Waals surface area contributed by atoms with E-state index in [9.17, 15) is 9.59 Å². The number of ether oxygens (including phenoxy) is 1. The van der Waals surface area contributed by atoms with Crippen LogP contribution in [0.3, 0.4) is 0 Å². The molecule has 1 aliphatic rings. The highest BCUT2D eigenvalue weighted by Crippen LogP contribution is 2.28. The molecule has 1 aliphatic carbocycles. The predicted octanol–water partition coefficient (Wildman–Crippen LogP) is 2.07. The van der Waals surface area contributed by atoms with Crippen molar-refractivity contribution in [3.63, 3.8) is 0 Å². The number of amides is 1. The van der Waals surface area contributed by atoms with E-state index in [-0.39, 0.29) is 18.4 Å². The van der Waals surface area contributed by atoms with E-state index in [4.69, 9.17) is 9.84 Å². The van der Waals surface area contributed by atoms with Gasteiger partial charge in [0.25, 0.3) is 5.91 Å². The third kappa shape index (κ3) is 5.10. The molecular formula is C16H21NO4. The molecule has 114 valence electrons. The fraction of sp³-hybridized carbons (Fsp3) is 0.500. The Morgan fingerprint density at radius 3 is 2.43 bits per heavy atom. The number of carbonyl (C=O) groups is 2. The Labute approximate surface area is 124 Å². The molecule has 1 amide bonds. The minimum Gasteiger partial charge on any atom is -0.484 e. The summed E-state index contributed by atoms with van der Waals surface area (Å²) in [5, 5.41) is 11.8. The van der Waals surface area contributed by atoms with E-state index in [1.165, 1.54) is 0 Å². The minimum atomic E-state index is -0.700. The van der Waals surface area contributed by atoms with Crippen molar-refractivity contribution < 1.29 is 19.4 Å². The van der Waals surface area contributed by atoms with Crippen LogP contribution in [0, 0.1) is 11.8 Å². The highest BCUT2D eigenvalue weighted by Gasteiger charge is 2.25. The van der Waals surface area contributed by atoms with Gasteiger partial charge in [0.2, 0.25) is 0 Å². The fourth-order valence-electron chi connectivity index (χ4n) is 2.59. The third-order valence-corrected chi connectivity index (χ3v) is 3.90. The van der Waals surface area contributed by atoms with Crippen molar-refractivity contribution in [2.24, 2.45) is 11.8 Å². The normalized spacial score (nSPS) is 21.5. The van der Waals surface area contributed by atoms with Gasteiger partial charge in [0.1, 0.15) is 5.75 Å². The molecule has 0 atom stereocenters. The number of aliphatic carboxylic acids is 1. The number of benzene rings is 1. The SMILES string of the molecule is O=C(COc1ccccc1)NCC1CCC(C(=O)O)CC1. The summed E-state index contributed by atoms with van der Waals surface area (Å²) >= 11 is 0. The number of para-hydroxylation sites is 1. The molecule has 1 aromatic carbocycles. The topological polar surface area (TPSA) is 75.6 Å². The van der Waals surface area contributed by atoms with E-state index in [1.54, 1.807) is 12.1 Å². The van der Waals surface area contributed by atoms with E-state index < -0.39 is 5.97 Å². The lowest BCUT2D eigenvalue weighted by molar-refractivity contribution is -0.143. The molecule has 1 saturated carbocycles. The Hall–Kier alpha value is -2.04. The maximum atomic E-state index is 11.7. The zero-order chi connectivity index (χ0) is 15.1. The molecule has 5 heteroatoms. The van der Waals surface area contributed by atoms with Gasteiger partial charge in [0.15, 0.2) is 6.61 Å². The maximum absolute atomic E-state index is 11.7. The molecule has 0 aliphatic heterocycles. The molecule has 0 radical (unpaired) electrons. The van der Waals surface area contributed by atoms with Gasteiger partial charge < -0.3 is 15.2 Å². The van der Waals surface area contributed by atoms with Crippen LogP contribution >= 0.6 is 0 Å². The number of hydrogen-bond donors (Lipinski definition) is 2. The summed E-state index contributed by atoms with van der Waals surface area (Å²) < 4.78 is 5.37. The number of carboxylic acids is 1. The first-order chi connectivity index (χ1) is 10.1. The number of hydrogen-bond acceptors (Lipinski definition) is 3. The summed E-state index contributed by atoms with van der Waals surface area (Å²) in [4.78, 5) is 22.6. The van der Waals surface area contributed by atoms with Crippen molar-refractivity contribution >= 4 is 11.9 Å². The standard InChI is InChI=1S/C16H21NO4/c18-15(11-21-14-4-2-1-3-5-14)17-10-12-6-8-13(9-7-12)16(19)20/h1-5,12-13H,6-11H2,(H,17,18)(H,19,20). The Kier molecular flexibility index (Phi) is 5.60. The van der Waals surface area contributed by atoms with Gasteiger partial charge >= 0.3 is 5.97 Å². The van der Waals surface area contributed by atoms with Crippen LogP contribution in [0.15, 0.2) is 30.3 Å². The van der Waals surface area contributed by atoms with Gasteiger partial charge in [-0.25, -0.2) is 0 Å². The minimum absolute atomic E-state index is 0.00842. The van der Waals surface area contributed by atoms with Gasteiger partial charge in [-0.2, -0.15) is 0 Å². The van der Waals surface area contributed by atoms with Gasteiger partial charge in [-0.15, -0.1) is 0 Å². The van der Waals surface area contributed by atoms with Crippen molar-refractivity contribution in [1.29, 1.82) is 0 Å². The molecule has 0 bridgehead atoms. The third-order valence-electron chi connectivity index (χ3n) is 3.90. The summed E-state index contributed by atoms with van der Waals surface area (Å²) in [6.45, 7) is 0.609. The molecule has 2 rings (SSSR count). The first-order valence-electron chi connectivity index (χ1n) is 7.32. The lowest BCUT2D eigenvalue weighted by atomic mass is 9.82. The summed E-state index contributed by atoms with van der Waals surface area (Å²) in [6, 6.07) is 9.21. The summed E-state index contributed by atoms with van der Waals surface area (Å²) in [5.41, 5.74) is 0. The summed E-state index contributed by atoms with van der Waals surface area (Å²) in [7, 11) is 0. The molecule has 1 fully saturated rings. The van der Waals surface area contributed by atoms with Crippen molar-refractivity contribution in [1.82, 2.24) is 5.32 Å². The number of rotatable bonds is 6. The molecule has 0 spiro atoms. The summed E-state index contributed by atoms with van der Waals surface area (Å²) in [5.74, 6) is 0.00205. The Bertz CT molecular complexity index is 466. The Morgan fingerprint density at radius 1 is 1.14 bits per heavy atom. The average Bonchev–Trinajstić information content (AvgIpc) is 2.52. The second-order valence-electron chi connectivity index (χ2n) is 5.46. The first kappa shape index (κ1) is 15.4. The van der Waals surface area contributed by atoms with Crippen LogP contribution < -0.4 is 10.1 Å². The smallest absolute Gasteiger partial charge is 0.306 e. The van der Waals surface area contributed by atoms with Crippen molar-refractivity contribution in [3.05, 3.63) is 30.3 Å². The van der Waals surface area contributed by atoms with E-state index >= 15 is 0 Å². The van der Waals surface area contributed by atoms with Crippen LogP contribution in [0.25, 0.3) is 0 Å². The molecule has 1 aromatic rings. The first-order valence-corrected chi connectivity index (χ1v) is 7.32. The van der Waals surface area contributed by atoms with E-state index in [2.05, 4.69) is 5.32 Å². The molecule has 21 heavy (non-hydrogen) atoms. The van der Waals surface area contributed by atoms with Crippen LogP contribution in [0.2, 0.25) is 0 Å². The number of carboxylic acid groups (broad SMARTS) is 1. The van der Waals surface area contributed by atoms with Gasteiger partial charge in [-0.05, 0) is 43.7 Å². The van der Waals surface area contributed by atoms with Crippen LogP contribution in [0.1, 0.15) is 25.7 Å². The van der Waals surface area contributed by atoms with Gasteiger partial charge in [-0.3, -0.25) is 9.59 Å².